The zero-order chi connectivity index (χ0) is 13.0. The standard InChI is InChI=1S/C11H12N2O4/c12-5-6-1-2-8(13)7(3-6)11(17)9(14)4-10(15)16/h1-3,9,11,14,17H,4,13H2,(H,15,16). The van der Waals surface area contributed by atoms with Crippen molar-refractivity contribution in [2.45, 2.75) is 18.6 Å². The minimum atomic E-state index is -1.47. The number of nitrogens with zero attached hydrogens (tertiary/aromatic N) is 1. The Kier molecular flexibility index (Phi) is 4.04. The number of benzene rings is 1. The predicted octanol–water partition coefficient (Wildman–Crippen LogP) is 0.00948. The summed E-state index contributed by atoms with van der Waals surface area (Å²) < 4.78 is 0. The molecular formula is C11H12N2O4. The second-order valence-electron chi connectivity index (χ2n) is 3.57. The van der Waals surface area contributed by atoms with E-state index < -0.39 is 24.6 Å². The van der Waals surface area contributed by atoms with Gasteiger partial charge in [-0.25, -0.2) is 0 Å². The van der Waals surface area contributed by atoms with Gasteiger partial charge >= 0.3 is 5.97 Å². The van der Waals surface area contributed by atoms with Gasteiger partial charge in [-0.3, -0.25) is 4.79 Å². The number of nitrogens with two attached hydrogens (primary N) is 1. The van der Waals surface area contributed by atoms with Crippen molar-refractivity contribution in [2.24, 2.45) is 0 Å². The molecule has 17 heavy (non-hydrogen) atoms. The van der Waals surface area contributed by atoms with Gasteiger partial charge in [-0.15, -0.1) is 0 Å². The second-order valence-corrected chi connectivity index (χ2v) is 3.57. The van der Waals surface area contributed by atoms with Gasteiger partial charge in [0.2, 0.25) is 0 Å². The van der Waals surface area contributed by atoms with Gasteiger partial charge in [0.25, 0.3) is 0 Å². The molecule has 90 valence electrons. The molecule has 6 nitrogen and oxygen atoms in total. The average molecular weight is 236 g/mol. The monoisotopic (exact) mass is 236 g/mol. The summed E-state index contributed by atoms with van der Waals surface area (Å²) >= 11 is 0. The first-order valence-corrected chi connectivity index (χ1v) is 4.83. The fourth-order valence-corrected chi connectivity index (χ4v) is 1.40. The van der Waals surface area contributed by atoms with Crippen molar-refractivity contribution in [3.8, 4) is 6.07 Å². The fraction of sp³-hybridized carbons (Fsp3) is 0.273. The van der Waals surface area contributed by atoms with E-state index in [4.69, 9.17) is 16.1 Å². The Balaban J connectivity index is 2.99. The zero-order valence-electron chi connectivity index (χ0n) is 8.87. The molecule has 1 rings (SSSR count). The first kappa shape index (κ1) is 13.0. The highest BCUT2D eigenvalue weighted by Crippen LogP contribution is 2.25. The summed E-state index contributed by atoms with van der Waals surface area (Å²) in [6.45, 7) is 0. The summed E-state index contributed by atoms with van der Waals surface area (Å²) in [5, 5.41) is 36.4. The minimum absolute atomic E-state index is 0.151. The van der Waals surface area contributed by atoms with Crippen molar-refractivity contribution in [3.63, 3.8) is 0 Å². The Labute approximate surface area is 97.5 Å². The summed E-state index contributed by atoms with van der Waals surface area (Å²) in [4.78, 5) is 10.4. The van der Waals surface area contributed by atoms with Crippen molar-refractivity contribution in [1.29, 1.82) is 5.26 Å². The van der Waals surface area contributed by atoms with E-state index in [1.165, 1.54) is 18.2 Å². The Hall–Kier alpha value is -2.10. The summed E-state index contributed by atoms with van der Waals surface area (Å²) in [6, 6.07) is 6.08. The fourth-order valence-electron chi connectivity index (χ4n) is 1.40. The molecule has 0 aliphatic heterocycles. The van der Waals surface area contributed by atoms with Gasteiger partial charge in [-0.05, 0) is 18.2 Å². The zero-order valence-corrected chi connectivity index (χ0v) is 8.87. The molecule has 2 unspecified atom stereocenters. The van der Waals surface area contributed by atoms with Crippen molar-refractivity contribution < 1.29 is 20.1 Å². The highest BCUT2D eigenvalue weighted by Gasteiger charge is 2.23. The van der Waals surface area contributed by atoms with E-state index in [1.807, 2.05) is 6.07 Å². The van der Waals surface area contributed by atoms with E-state index in [2.05, 4.69) is 0 Å². The molecule has 1 aromatic rings. The number of carboxylic acids is 1. The van der Waals surface area contributed by atoms with E-state index in [1.54, 1.807) is 0 Å². The maximum absolute atomic E-state index is 10.4. The Bertz CT molecular complexity index is 467. The SMILES string of the molecule is N#Cc1ccc(N)c(C(O)C(O)CC(=O)O)c1. The summed E-state index contributed by atoms with van der Waals surface area (Å²) in [5.74, 6) is -1.23. The highest BCUT2D eigenvalue weighted by molar-refractivity contribution is 5.67. The van der Waals surface area contributed by atoms with E-state index in [0.29, 0.717) is 0 Å². The van der Waals surface area contributed by atoms with E-state index in [-0.39, 0.29) is 16.8 Å². The van der Waals surface area contributed by atoms with Crippen LogP contribution in [0.5, 0.6) is 0 Å². The van der Waals surface area contributed by atoms with Crippen molar-refractivity contribution >= 4 is 11.7 Å². The van der Waals surface area contributed by atoms with Gasteiger partial charge in [0, 0.05) is 11.3 Å². The molecule has 5 N–H and O–H groups in total. The second kappa shape index (κ2) is 5.30. The number of aliphatic hydroxyl groups excluding tert-OH is 2. The predicted molar refractivity (Wildman–Crippen MR) is 58.8 cm³/mol. The molecule has 0 aliphatic rings. The maximum atomic E-state index is 10.4. The van der Waals surface area contributed by atoms with Crippen LogP contribution in [0.2, 0.25) is 0 Å². The van der Waals surface area contributed by atoms with Crippen LogP contribution >= 0.6 is 0 Å². The van der Waals surface area contributed by atoms with Crippen LogP contribution in [0.25, 0.3) is 0 Å². The molecule has 0 aromatic heterocycles. The molecule has 0 saturated carbocycles. The molecule has 6 heteroatoms. The van der Waals surface area contributed by atoms with E-state index in [0.717, 1.165) is 0 Å². The maximum Gasteiger partial charge on any atom is 0.306 e. The minimum Gasteiger partial charge on any atom is -0.481 e. The third-order valence-electron chi connectivity index (χ3n) is 2.28. The summed E-state index contributed by atoms with van der Waals surface area (Å²) in [7, 11) is 0. The van der Waals surface area contributed by atoms with Crippen molar-refractivity contribution in [3.05, 3.63) is 29.3 Å². The van der Waals surface area contributed by atoms with Crippen molar-refractivity contribution in [1.82, 2.24) is 0 Å². The third kappa shape index (κ3) is 3.17. The van der Waals surface area contributed by atoms with Crippen LogP contribution in [0, 0.1) is 11.3 Å². The highest BCUT2D eigenvalue weighted by atomic mass is 16.4. The number of aliphatic carboxylic acids is 1. The largest absolute Gasteiger partial charge is 0.481 e. The number of hydrogen-bond donors (Lipinski definition) is 4. The van der Waals surface area contributed by atoms with Gasteiger partial charge in [0.1, 0.15) is 6.10 Å². The quantitative estimate of drug-likeness (QED) is 0.545. The lowest BCUT2D eigenvalue weighted by Gasteiger charge is -2.18. The van der Waals surface area contributed by atoms with Crippen LogP contribution in [-0.2, 0) is 4.79 Å². The number of hydrogen-bond acceptors (Lipinski definition) is 5. The lowest BCUT2D eigenvalue weighted by molar-refractivity contribution is -0.141. The summed E-state index contributed by atoms with van der Waals surface area (Å²) in [5.41, 5.74) is 6.21. The molecule has 0 amide bonds. The lowest BCUT2D eigenvalue weighted by Crippen LogP contribution is -2.22. The van der Waals surface area contributed by atoms with Crippen LogP contribution in [0.1, 0.15) is 23.7 Å². The number of nitriles is 1. The Morgan fingerprint density at radius 1 is 1.47 bits per heavy atom. The molecule has 0 radical (unpaired) electrons. The Morgan fingerprint density at radius 2 is 2.12 bits per heavy atom. The molecular weight excluding hydrogens is 224 g/mol. The van der Waals surface area contributed by atoms with Gasteiger partial charge in [0.15, 0.2) is 0 Å². The number of anilines is 1. The molecule has 0 bridgehead atoms. The molecule has 2 atom stereocenters. The third-order valence-corrected chi connectivity index (χ3v) is 2.28. The summed E-state index contributed by atoms with van der Waals surface area (Å²) in [6.07, 6.45) is -3.50. The molecule has 1 aromatic carbocycles. The normalized spacial score (nSPS) is 13.7. The number of nitrogen functional groups attached to an aromatic ring is 1. The van der Waals surface area contributed by atoms with Gasteiger partial charge in [-0.1, -0.05) is 0 Å². The number of carbonyl (C=O) groups is 1. The molecule has 0 aliphatic carbocycles. The topological polar surface area (TPSA) is 128 Å². The van der Waals surface area contributed by atoms with Crippen LogP contribution in [-0.4, -0.2) is 27.4 Å². The van der Waals surface area contributed by atoms with Crippen LogP contribution in [0.15, 0.2) is 18.2 Å². The molecule has 0 saturated heterocycles. The number of carboxylic acid groups (broad SMARTS) is 1. The van der Waals surface area contributed by atoms with E-state index in [9.17, 15) is 15.0 Å². The smallest absolute Gasteiger partial charge is 0.306 e. The molecule has 0 heterocycles. The number of aliphatic hydroxyl groups is 2. The average Bonchev–Trinajstić information content (AvgIpc) is 2.28. The van der Waals surface area contributed by atoms with Crippen LogP contribution < -0.4 is 5.73 Å². The first-order valence-electron chi connectivity index (χ1n) is 4.83. The lowest BCUT2D eigenvalue weighted by atomic mass is 9.98. The Morgan fingerprint density at radius 3 is 2.65 bits per heavy atom. The van der Waals surface area contributed by atoms with Crippen molar-refractivity contribution in [2.75, 3.05) is 5.73 Å². The van der Waals surface area contributed by atoms with Crippen LogP contribution in [0.4, 0.5) is 5.69 Å². The first-order chi connectivity index (χ1) is 7.95. The van der Waals surface area contributed by atoms with E-state index >= 15 is 0 Å². The van der Waals surface area contributed by atoms with Gasteiger partial charge < -0.3 is 21.1 Å². The van der Waals surface area contributed by atoms with Gasteiger partial charge in [-0.2, -0.15) is 5.26 Å². The molecule has 0 spiro atoms. The van der Waals surface area contributed by atoms with Gasteiger partial charge in [0.05, 0.1) is 24.2 Å². The number of rotatable bonds is 4. The van der Waals surface area contributed by atoms with Crippen LogP contribution in [0.3, 0.4) is 0 Å². The molecule has 0 fully saturated rings.